The number of rotatable bonds is 4. The summed E-state index contributed by atoms with van der Waals surface area (Å²) in [5, 5.41) is 3.24. The summed E-state index contributed by atoms with van der Waals surface area (Å²) < 4.78 is 0. The van der Waals surface area contributed by atoms with Crippen molar-refractivity contribution < 1.29 is 1.43 Å². The lowest BCUT2D eigenvalue weighted by Gasteiger charge is -2.08. The number of hydrogen-bond acceptors (Lipinski definition) is 2. The van der Waals surface area contributed by atoms with E-state index in [0.29, 0.717) is 0 Å². The zero-order chi connectivity index (χ0) is 8.41. The molecule has 0 atom stereocenters. The molecule has 0 aromatic rings. The van der Waals surface area contributed by atoms with Gasteiger partial charge in [0, 0.05) is 14.5 Å². The van der Waals surface area contributed by atoms with Crippen LogP contribution in [0.25, 0.3) is 0 Å². The van der Waals surface area contributed by atoms with Crippen molar-refractivity contribution >= 4 is 0 Å². The molecule has 0 bridgehead atoms. The summed E-state index contributed by atoms with van der Waals surface area (Å²) in [6.07, 6.45) is 0. The highest BCUT2D eigenvalue weighted by Crippen LogP contribution is 1.68. The van der Waals surface area contributed by atoms with Crippen molar-refractivity contribution in [2.75, 3.05) is 33.7 Å². The zero-order valence-electron chi connectivity index (χ0n) is 8.07. The lowest BCUT2D eigenvalue weighted by atomic mass is 10.5. The minimum atomic E-state index is 0. The van der Waals surface area contributed by atoms with Gasteiger partial charge < -0.3 is 10.2 Å². The van der Waals surface area contributed by atoms with E-state index in [1.54, 1.807) is 0 Å². The van der Waals surface area contributed by atoms with Crippen molar-refractivity contribution in [3.63, 3.8) is 0 Å². The van der Waals surface area contributed by atoms with Gasteiger partial charge >= 0.3 is 0 Å². The van der Waals surface area contributed by atoms with Crippen LogP contribution >= 0.6 is 0 Å². The fourth-order valence-electron chi connectivity index (χ4n) is 0.479. The highest BCUT2D eigenvalue weighted by atomic mass is 15.1. The van der Waals surface area contributed by atoms with Crippen LogP contribution in [0.4, 0.5) is 0 Å². The Balaban J connectivity index is -0.000000196. The number of nitrogens with one attached hydrogen (secondary N) is 1. The first-order valence-corrected chi connectivity index (χ1v) is 4.12. The van der Waals surface area contributed by atoms with Crippen molar-refractivity contribution in [1.29, 1.82) is 0 Å². The fraction of sp³-hybridized carbons (Fsp3) is 1.00. The van der Waals surface area contributed by atoms with Crippen molar-refractivity contribution in [2.45, 2.75) is 20.8 Å². The quantitative estimate of drug-likeness (QED) is 0.607. The minimum Gasteiger partial charge on any atom is -0.316 e. The molecule has 1 N–H and O–H groups in total. The fourth-order valence-corrected chi connectivity index (χ4v) is 0.479. The molecular formula is C8H24N2. The molecule has 0 aromatic carbocycles. The molecule has 0 aliphatic rings. The van der Waals surface area contributed by atoms with Crippen LogP contribution in [0.2, 0.25) is 0 Å². The Kier molecular flexibility index (Phi) is 14.7. The highest BCUT2D eigenvalue weighted by molar-refractivity contribution is 4.45. The maximum absolute atomic E-state index is 3.24. The average molecular weight is 148 g/mol. The third kappa shape index (κ3) is 15.7. The van der Waals surface area contributed by atoms with Crippen LogP contribution in [0.3, 0.4) is 0 Å². The van der Waals surface area contributed by atoms with E-state index in [-0.39, 0.29) is 1.43 Å². The van der Waals surface area contributed by atoms with E-state index < -0.39 is 0 Å². The Labute approximate surface area is 67.1 Å². The molecule has 10 heavy (non-hydrogen) atoms. The number of nitrogens with zero attached hydrogens (tertiary/aromatic N) is 1. The van der Waals surface area contributed by atoms with E-state index >= 15 is 0 Å². The summed E-state index contributed by atoms with van der Waals surface area (Å²) in [6.45, 7) is 9.43. The third-order valence-electron chi connectivity index (χ3n) is 0.986. The predicted molar refractivity (Wildman–Crippen MR) is 50.6 cm³/mol. The van der Waals surface area contributed by atoms with E-state index in [9.17, 15) is 0 Å². The molecule has 0 aliphatic carbocycles. The van der Waals surface area contributed by atoms with E-state index in [1.807, 2.05) is 13.8 Å². The summed E-state index contributed by atoms with van der Waals surface area (Å²) in [5.74, 6) is 0. The van der Waals surface area contributed by atoms with Crippen molar-refractivity contribution in [3.05, 3.63) is 0 Å². The highest BCUT2D eigenvalue weighted by Gasteiger charge is 1.84. The topological polar surface area (TPSA) is 15.3 Å². The van der Waals surface area contributed by atoms with Crippen LogP contribution in [0.5, 0.6) is 0 Å². The van der Waals surface area contributed by atoms with Crippen LogP contribution in [-0.4, -0.2) is 38.6 Å². The zero-order valence-corrected chi connectivity index (χ0v) is 8.07. The Morgan fingerprint density at radius 3 is 2.10 bits per heavy atom. The lowest BCUT2D eigenvalue weighted by molar-refractivity contribution is 0.402. The standard InChI is InChI=1S/C6H16N2.C2H6.H2/c1-4-7-5-6-8(2)3;1-2;/h7H,4-6H2,1-3H3;1-2H3;1H. The maximum Gasteiger partial charge on any atom is 0.0101 e. The van der Waals surface area contributed by atoms with Gasteiger partial charge in [-0.3, -0.25) is 0 Å². The molecule has 0 unspecified atom stereocenters. The normalized spacial score (nSPS) is 9.00. The van der Waals surface area contributed by atoms with E-state index in [4.69, 9.17) is 0 Å². The molecule has 0 spiro atoms. The van der Waals surface area contributed by atoms with Gasteiger partial charge in [-0.05, 0) is 20.6 Å². The van der Waals surface area contributed by atoms with E-state index in [0.717, 1.165) is 19.6 Å². The van der Waals surface area contributed by atoms with Crippen molar-refractivity contribution in [3.8, 4) is 0 Å². The van der Waals surface area contributed by atoms with Gasteiger partial charge in [0.05, 0.1) is 0 Å². The van der Waals surface area contributed by atoms with Crippen LogP contribution in [0.15, 0.2) is 0 Å². The molecule has 0 radical (unpaired) electrons. The van der Waals surface area contributed by atoms with Crippen LogP contribution < -0.4 is 5.32 Å². The molecule has 0 aromatic heterocycles. The molecule has 0 aliphatic heterocycles. The van der Waals surface area contributed by atoms with Crippen LogP contribution in [0, 0.1) is 0 Å². The van der Waals surface area contributed by atoms with Gasteiger partial charge in [-0.1, -0.05) is 20.8 Å². The molecule has 2 nitrogen and oxygen atoms in total. The molecule has 0 rings (SSSR count). The van der Waals surface area contributed by atoms with Crippen molar-refractivity contribution in [1.82, 2.24) is 10.2 Å². The lowest BCUT2D eigenvalue weighted by Crippen LogP contribution is -2.26. The second-order valence-corrected chi connectivity index (χ2v) is 2.16. The van der Waals surface area contributed by atoms with Crippen molar-refractivity contribution in [2.24, 2.45) is 0 Å². The smallest absolute Gasteiger partial charge is 0.0101 e. The van der Waals surface area contributed by atoms with Gasteiger partial charge in [-0.15, -0.1) is 0 Å². The van der Waals surface area contributed by atoms with Gasteiger partial charge in [0.15, 0.2) is 0 Å². The Hall–Kier alpha value is -0.0800. The summed E-state index contributed by atoms with van der Waals surface area (Å²) in [7, 11) is 4.16. The van der Waals surface area contributed by atoms with Gasteiger partial charge in [-0.25, -0.2) is 0 Å². The molecule has 2 heteroatoms. The summed E-state index contributed by atoms with van der Waals surface area (Å²) in [6, 6.07) is 0. The summed E-state index contributed by atoms with van der Waals surface area (Å²) >= 11 is 0. The first-order valence-electron chi connectivity index (χ1n) is 4.12. The van der Waals surface area contributed by atoms with Crippen LogP contribution in [-0.2, 0) is 0 Å². The maximum atomic E-state index is 3.24. The number of likely N-dealkylation sites (N-methyl/N-ethyl adjacent to an activating group) is 2. The second kappa shape index (κ2) is 11.7. The first kappa shape index (κ1) is 12.6. The molecule has 66 valence electrons. The van der Waals surface area contributed by atoms with Gasteiger partial charge in [0.1, 0.15) is 0 Å². The molecule has 0 heterocycles. The second-order valence-electron chi connectivity index (χ2n) is 2.16. The van der Waals surface area contributed by atoms with E-state index in [1.165, 1.54) is 0 Å². The Bertz CT molecular complexity index is 49.4. The SMILES string of the molecule is CC.CCNCCN(C)C.[HH]. The largest absolute Gasteiger partial charge is 0.316 e. The van der Waals surface area contributed by atoms with E-state index in [2.05, 4.69) is 31.2 Å². The molecule has 0 amide bonds. The molecule has 0 fully saturated rings. The molecule has 0 saturated carbocycles. The molecule has 0 saturated heterocycles. The van der Waals surface area contributed by atoms with Gasteiger partial charge in [-0.2, -0.15) is 0 Å². The first-order chi connectivity index (χ1) is 4.77. The Morgan fingerprint density at radius 1 is 1.30 bits per heavy atom. The van der Waals surface area contributed by atoms with Gasteiger partial charge in [0.2, 0.25) is 0 Å². The van der Waals surface area contributed by atoms with Gasteiger partial charge in [0.25, 0.3) is 0 Å². The predicted octanol–water partition coefficient (Wildman–Crippen LogP) is 1.43. The number of hydrogen-bond donors (Lipinski definition) is 1. The Morgan fingerprint density at radius 2 is 1.80 bits per heavy atom. The van der Waals surface area contributed by atoms with Crippen LogP contribution in [0.1, 0.15) is 22.2 Å². The third-order valence-corrected chi connectivity index (χ3v) is 0.986. The molecular weight excluding hydrogens is 124 g/mol. The average Bonchev–Trinajstić information content (AvgIpc) is 1.92. The minimum absolute atomic E-state index is 0. The summed E-state index contributed by atoms with van der Waals surface area (Å²) in [4.78, 5) is 2.17. The summed E-state index contributed by atoms with van der Waals surface area (Å²) in [5.41, 5.74) is 0. The monoisotopic (exact) mass is 148 g/mol.